The Morgan fingerprint density at radius 2 is 1.64 bits per heavy atom. The molecular weight excluding hydrogens is 512 g/mol. The van der Waals surface area contributed by atoms with Gasteiger partial charge in [-0.15, -0.1) is 0 Å². The minimum absolute atomic E-state index is 0.181. The normalized spacial score (nSPS) is 14.9. The van der Waals surface area contributed by atoms with E-state index < -0.39 is 10.0 Å². The van der Waals surface area contributed by atoms with Crippen molar-refractivity contribution in [2.24, 2.45) is 0 Å². The highest BCUT2D eigenvalue weighted by molar-refractivity contribution is 7.99. The Kier molecular flexibility index (Phi) is 6.79. The minimum Gasteiger partial charge on any atom is -0.321 e. The van der Waals surface area contributed by atoms with Gasteiger partial charge in [0.1, 0.15) is 0 Å². The van der Waals surface area contributed by atoms with Crippen LogP contribution in [-0.2, 0) is 16.4 Å². The molecule has 0 spiro atoms. The third-order valence-electron chi connectivity index (χ3n) is 5.97. The van der Waals surface area contributed by atoms with E-state index >= 15 is 0 Å². The number of para-hydroxylation sites is 1. The molecule has 0 aromatic heterocycles. The van der Waals surface area contributed by atoms with Gasteiger partial charge in [-0.05, 0) is 85.6 Å². The molecule has 1 aliphatic rings. The van der Waals surface area contributed by atoms with Crippen LogP contribution in [0.25, 0.3) is 0 Å². The number of halogens is 1. The smallest absolute Gasteiger partial charge is 0.264 e. The van der Waals surface area contributed by atoms with Gasteiger partial charge in [0, 0.05) is 26.4 Å². The molecule has 1 aliphatic heterocycles. The Morgan fingerprint density at radius 1 is 0.944 bits per heavy atom. The maximum Gasteiger partial charge on any atom is 0.264 e. The van der Waals surface area contributed by atoms with Gasteiger partial charge >= 0.3 is 0 Å². The summed E-state index contributed by atoms with van der Waals surface area (Å²) >= 11 is 7.52. The maximum absolute atomic E-state index is 13.4. The fourth-order valence-corrected chi connectivity index (χ4v) is 7.04. The quantitative estimate of drug-likeness (QED) is 0.293. The average Bonchev–Trinajstić information content (AvgIpc) is 3.21. The van der Waals surface area contributed by atoms with Crippen molar-refractivity contribution in [3.8, 4) is 0 Å². The summed E-state index contributed by atoms with van der Waals surface area (Å²) in [6.45, 7) is 1.87. The summed E-state index contributed by atoms with van der Waals surface area (Å²) in [6, 6.07) is 28.7. The van der Waals surface area contributed by atoms with Crippen molar-refractivity contribution in [2.45, 2.75) is 34.1 Å². The van der Waals surface area contributed by atoms with E-state index in [1.165, 1.54) is 16.4 Å². The summed E-state index contributed by atoms with van der Waals surface area (Å²) in [5.74, 6) is -0.245. The molecule has 0 saturated heterocycles. The van der Waals surface area contributed by atoms with Gasteiger partial charge in [0.2, 0.25) is 0 Å². The molecule has 1 amide bonds. The summed E-state index contributed by atoms with van der Waals surface area (Å²) < 4.78 is 28.2. The number of rotatable bonds is 6. The van der Waals surface area contributed by atoms with Crippen LogP contribution in [0.5, 0.6) is 0 Å². The minimum atomic E-state index is -3.76. The number of fused-ring (bicyclic) bond motifs is 1. The predicted octanol–water partition coefficient (Wildman–Crippen LogP) is 6.88. The van der Waals surface area contributed by atoms with E-state index in [4.69, 9.17) is 11.6 Å². The third kappa shape index (κ3) is 4.87. The van der Waals surface area contributed by atoms with Crippen molar-refractivity contribution in [3.63, 3.8) is 0 Å². The van der Waals surface area contributed by atoms with Crippen molar-refractivity contribution >= 4 is 50.7 Å². The van der Waals surface area contributed by atoms with E-state index in [2.05, 4.69) is 5.32 Å². The fraction of sp³-hybridized carbons (Fsp3) is 0.107. The van der Waals surface area contributed by atoms with E-state index in [9.17, 15) is 13.2 Å². The van der Waals surface area contributed by atoms with Crippen molar-refractivity contribution in [3.05, 3.63) is 113 Å². The molecule has 4 aromatic rings. The molecular formula is C28H23ClN2O3S2. The number of amides is 1. The van der Waals surface area contributed by atoms with Crippen molar-refractivity contribution < 1.29 is 13.2 Å². The fourth-order valence-electron chi connectivity index (χ4n) is 4.30. The van der Waals surface area contributed by atoms with Crippen LogP contribution in [0.2, 0.25) is 5.02 Å². The van der Waals surface area contributed by atoms with Crippen LogP contribution in [0.4, 0.5) is 11.4 Å². The average molecular weight is 535 g/mol. The highest BCUT2D eigenvalue weighted by Crippen LogP contribution is 2.38. The molecule has 5 rings (SSSR count). The molecule has 8 heteroatoms. The lowest BCUT2D eigenvalue weighted by Crippen LogP contribution is -2.35. The van der Waals surface area contributed by atoms with Gasteiger partial charge < -0.3 is 5.32 Å². The number of hydrogen-bond acceptors (Lipinski definition) is 4. The number of carbonyl (C=O) groups is 1. The Bertz CT molecular complexity index is 1520. The van der Waals surface area contributed by atoms with Gasteiger partial charge in [0.15, 0.2) is 0 Å². The summed E-state index contributed by atoms with van der Waals surface area (Å²) in [7, 11) is -3.76. The number of sulfonamides is 1. The van der Waals surface area contributed by atoms with Crippen LogP contribution in [0.15, 0.2) is 112 Å². The number of nitrogens with zero attached hydrogens (tertiary/aromatic N) is 1. The maximum atomic E-state index is 13.4. The predicted molar refractivity (Wildman–Crippen MR) is 146 cm³/mol. The molecule has 4 aromatic carbocycles. The van der Waals surface area contributed by atoms with Crippen molar-refractivity contribution in [1.29, 1.82) is 0 Å². The van der Waals surface area contributed by atoms with Crippen LogP contribution < -0.4 is 9.62 Å². The lowest BCUT2D eigenvalue weighted by atomic mass is 10.1. The van der Waals surface area contributed by atoms with E-state index in [1.54, 1.807) is 42.1 Å². The summed E-state index contributed by atoms with van der Waals surface area (Å²) in [5.41, 5.74) is 2.61. The van der Waals surface area contributed by atoms with Crippen molar-refractivity contribution in [1.82, 2.24) is 0 Å². The zero-order valence-corrected chi connectivity index (χ0v) is 21.8. The number of carbonyl (C=O) groups excluding carboxylic acids is 1. The molecule has 5 nitrogen and oxygen atoms in total. The van der Waals surface area contributed by atoms with Gasteiger partial charge in [-0.25, -0.2) is 8.42 Å². The molecule has 0 radical (unpaired) electrons. The van der Waals surface area contributed by atoms with Crippen LogP contribution in [0.1, 0.15) is 22.8 Å². The van der Waals surface area contributed by atoms with Crippen LogP contribution >= 0.6 is 23.4 Å². The number of anilines is 2. The van der Waals surface area contributed by atoms with E-state index in [-0.39, 0.29) is 16.8 Å². The first-order chi connectivity index (χ1) is 17.3. The first kappa shape index (κ1) is 24.4. The topological polar surface area (TPSA) is 66.5 Å². The summed E-state index contributed by atoms with van der Waals surface area (Å²) in [4.78, 5) is 15.4. The summed E-state index contributed by atoms with van der Waals surface area (Å²) in [5, 5.41) is 3.49. The van der Waals surface area contributed by atoms with Gasteiger partial charge in [0.25, 0.3) is 15.9 Å². The van der Waals surface area contributed by atoms with Crippen LogP contribution in [0, 0.1) is 0 Å². The van der Waals surface area contributed by atoms with Gasteiger partial charge in [0.05, 0.1) is 16.3 Å². The van der Waals surface area contributed by atoms with Crippen LogP contribution in [0.3, 0.4) is 0 Å². The largest absolute Gasteiger partial charge is 0.321 e. The lowest BCUT2D eigenvalue weighted by Gasteiger charge is -2.24. The first-order valence-corrected chi connectivity index (χ1v) is 14.0. The molecule has 0 fully saturated rings. The highest BCUT2D eigenvalue weighted by atomic mass is 35.5. The summed E-state index contributed by atoms with van der Waals surface area (Å²) in [6.07, 6.45) is 0.518. The Balaban J connectivity index is 1.39. The molecule has 36 heavy (non-hydrogen) atoms. The molecule has 1 atom stereocenters. The highest BCUT2D eigenvalue weighted by Gasteiger charge is 2.36. The molecule has 1 heterocycles. The van der Waals surface area contributed by atoms with Crippen molar-refractivity contribution in [2.75, 3.05) is 9.62 Å². The molecule has 0 bridgehead atoms. The molecule has 1 N–H and O–H groups in total. The zero-order valence-electron chi connectivity index (χ0n) is 19.4. The van der Waals surface area contributed by atoms with E-state index in [0.717, 1.165) is 21.0 Å². The van der Waals surface area contributed by atoms with Gasteiger partial charge in [-0.1, -0.05) is 53.7 Å². The Labute approximate surface area is 220 Å². The third-order valence-corrected chi connectivity index (χ3v) is 9.25. The number of benzene rings is 4. The second-order valence-electron chi connectivity index (χ2n) is 8.52. The lowest BCUT2D eigenvalue weighted by molar-refractivity contribution is 0.102. The van der Waals surface area contributed by atoms with E-state index in [1.807, 2.05) is 61.5 Å². The second-order valence-corrected chi connectivity index (χ2v) is 11.9. The second kappa shape index (κ2) is 10.0. The molecule has 182 valence electrons. The van der Waals surface area contributed by atoms with Crippen LogP contribution in [-0.4, -0.2) is 20.4 Å². The number of hydrogen-bond donors (Lipinski definition) is 1. The molecule has 0 unspecified atom stereocenters. The molecule has 0 aliphatic carbocycles. The SMILES string of the molecule is C[C@@H]1Cc2cc(C(=O)Nc3ccccc3Sc3ccccc3)ccc2N1S(=O)(=O)c1ccc(Cl)cc1. The standard InChI is InChI=1S/C28H23ClN2O3S2/c1-19-17-21-18-20(11-16-26(21)31(19)36(33,34)24-14-12-22(29)13-15-24)28(32)30-25-9-5-6-10-27(25)35-23-7-3-2-4-8-23/h2-16,18-19H,17H2,1H3,(H,30,32)/t19-/m1/s1. The monoisotopic (exact) mass is 534 g/mol. The number of nitrogens with one attached hydrogen (secondary N) is 1. The van der Waals surface area contributed by atoms with Gasteiger partial charge in [-0.2, -0.15) is 0 Å². The Hall–Kier alpha value is -3.26. The first-order valence-electron chi connectivity index (χ1n) is 11.4. The molecule has 0 saturated carbocycles. The Morgan fingerprint density at radius 3 is 2.39 bits per heavy atom. The van der Waals surface area contributed by atoms with E-state index in [0.29, 0.717) is 22.7 Å². The van der Waals surface area contributed by atoms with Gasteiger partial charge in [-0.3, -0.25) is 9.10 Å². The zero-order chi connectivity index (χ0) is 25.3.